The van der Waals surface area contributed by atoms with Gasteiger partial charge in [0.15, 0.2) is 0 Å². The first kappa shape index (κ1) is 15.0. The fourth-order valence-corrected chi connectivity index (χ4v) is 2.51. The average Bonchev–Trinajstić information content (AvgIpc) is 2.84. The summed E-state index contributed by atoms with van der Waals surface area (Å²) in [6.45, 7) is 7.87. The molecule has 6 heteroatoms. The summed E-state index contributed by atoms with van der Waals surface area (Å²) in [7, 11) is 0. The van der Waals surface area contributed by atoms with Crippen molar-refractivity contribution < 1.29 is 5.11 Å². The van der Waals surface area contributed by atoms with Gasteiger partial charge >= 0.3 is 0 Å². The molecule has 1 aromatic heterocycles. The Labute approximate surface area is 123 Å². The second-order valence-electron chi connectivity index (χ2n) is 5.72. The molecule has 0 aliphatic rings. The number of aromatic nitrogens is 4. The Morgan fingerprint density at radius 1 is 1.25 bits per heavy atom. The van der Waals surface area contributed by atoms with Crippen molar-refractivity contribution in [2.24, 2.45) is 0 Å². The summed E-state index contributed by atoms with van der Waals surface area (Å²) in [4.78, 5) is 0. The van der Waals surface area contributed by atoms with Gasteiger partial charge in [0.2, 0.25) is 5.16 Å². The number of benzene rings is 1. The number of tetrazole rings is 1. The van der Waals surface area contributed by atoms with E-state index in [0.717, 1.165) is 5.69 Å². The van der Waals surface area contributed by atoms with Crippen LogP contribution in [-0.4, -0.2) is 36.7 Å². The Bertz CT molecular complexity index is 557. The average molecular weight is 292 g/mol. The maximum atomic E-state index is 9.78. The van der Waals surface area contributed by atoms with E-state index in [0.29, 0.717) is 16.8 Å². The van der Waals surface area contributed by atoms with Crippen molar-refractivity contribution in [3.63, 3.8) is 0 Å². The lowest BCUT2D eigenvalue weighted by Crippen LogP contribution is -2.22. The predicted octanol–water partition coefficient (Wildman–Crippen LogP) is 2.65. The fraction of sp³-hybridized carbons (Fsp3) is 0.500. The van der Waals surface area contributed by atoms with Crippen molar-refractivity contribution in [1.82, 2.24) is 20.2 Å². The Balaban J connectivity index is 2.19. The Morgan fingerprint density at radius 2 is 1.90 bits per heavy atom. The third-order valence-corrected chi connectivity index (χ3v) is 4.16. The van der Waals surface area contributed by atoms with Crippen LogP contribution in [0.4, 0.5) is 0 Å². The summed E-state index contributed by atoms with van der Waals surface area (Å²) >= 11 is 1.44. The number of rotatable bonds is 5. The van der Waals surface area contributed by atoms with E-state index in [1.165, 1.54) is 17.3 Å². The van der Waals surface area contributed by atoms with Gasteiger partial charge < -0.3 is 5.11 Å². The van der Waals surface area contributed by atoms with Crippen molar-refractivity contribution >= 4 is 11.8 Å². The molecule has 0 aliphatic heterocycles. The molecular weight excluding hydrogens is 272 g/mol. The van der Waals surface area contributed by atoms with Crippen molar-refractivity contribution in [3.8, 4) is 5.69 Å². The summed E-state index contributed by atoms with van der Waals surface area (Å²) < 4.78 is 1.69. The highest BCUT2D eigenvalue weighted by Crippen LogP contribution is 2.23. The highest BCUT2D eigenvalue weighted by Gasteiger charge is 2.16. The third-order valence-electron chi connectivity index (χ3n) is 2.80. The van der Waals surface area contributed by atoms with Crippen LogP contribution in [0, 0.1) is 0 Å². The highest BCUT2D eigenvalue weighted by molar-refractivity contribution is 7.99. The third kappa shape index (κ3) is 3.80. The minimum Gasteiger partial charge on any atom is -0.390 e. The standard InChI is InChI=1S/C14H20N4OS/c1-10(2)11-5-7-12(8-6-11)18-13(15-16-17-18)20-9-14(3,4)19/h5-8,10,19H,9H2,1-4H3. The molecule has 0 radical (unpaired) electrons. The zero-order chi connectivity index (χ0) is 14.8. The molecule has 0 aliphatic carbocycles. The van der Waals surface area contributed by atoms with Crippen LogP contribution in [-0.2, 0) is 0 Å². The summed E-state index contributed by atoms with van der Waals surface area (Å²) in [5, 5.41) is 22.2. The number of hydrogen-bond acceptors (Lipinski definition) is 5. The van der Waals surface area contributed by atoms with Crippen molar-refractivity contribution in [1.29, 1.82) is 0 Å². The molecule has 20 heavy (non-hydrogen) atoms. The van der Waals surface area contributed by atoms with Gasteiger partial charge in [-0.15, -0.1) is 5.10 Å². The summed E-state index contributed by atoms with van der Waals surface area (Å²) in [5.41, 5.74) is 1.47. The first-order valence-electron chi connectivity index (χ1n) is 6.61. The molecule has 0 amide bonds. The lowest BCUT2D eigenvalue weighted by Gasteiger charge is -2.15. The largest absolute Gasteiger partial charge is 0.390 e. The number of hydrogen-bond donors (Lipinski definition) is 1. The molecule has 0 atom stereocenters. The van der Waals surface area contributed by atoms with Crippen molar-refractivity contribution in [2.75, 3.05) is 5.75 Å². The first-order valence-corrected chi connectivity index (χ1v) is 7.59. The van der Waals surface area contributed by atoms with Crippen molar-refractivity contribution in [3.05, 3.63) is 29.8 Å². The smallest absolute Gasteiger partial charge is 0.214 e. The lowest BCUT2D eigenvalue weighted by atomic mass is 10.0. The minimum atomic E-state index is -0.747. The van der Waals surface area contributed by atoms with E-state index in [4.69, 9.17) is 0 Å². The molecular formula is C14H20N4OS. The highest BCUT2D eigenvalue weighted by atomic mass is 32.2. The van der Waals surface area contributed by atoms with E-state index < -0.39 is 5.60 Å². The van der Waals surface area contributed by atoms with Gasteiger partial charge in [0.25, 0.3) is 0 Å². The van der Waals surface area contributed by atoms with Crippen LogP contribution in [0.2, 0.25) is 0 Å². The molecule has 1 heterocycles. The maximum absolute atomic E-state index is 9.78. The van der Waals surface area contributed by atoms with E-state index in [1.54, 1.807) is 18.5 Å². The van der Waals surface area contributed by atoms with Crippen LogP contribution < -0.4 is 0 Å². The van der Waals surface area contributed by atoms with Gasteiger partial charge in [-0.2, -0.15) is 4.68 Å². The predicted molar refractivity (Wildman–Crippen MR) is 80.3 cm³/mol. The van der Waals surface area contributed by atoms with Crippen LogP contribution in [0.25, 0.3) is 5.69 Å². The quantitative estimate of drug-likeness (QED) is 0.858. The van der Waals surface area contributed by atoms with Crippen LogP contribution in [0.5, 0.6) is 0 Å². The zero-order valence-electron chi connectivity index (χ0n) is 12.2. The normalized spacial score (nSPS) is 12.1. The van der Waals surface area contributed by atoms with Crippen LogP contribution in [0.1, 0.15) is 39.2 Å². The van der Waals surface area contributed by atoms with Gasteiger partial charge in [-0.1, -0.05) is 37.7 Å². The minimum absolute atomic E-state index is 0.502. The second kappa shape index (κ2) is 5.93. The molecule has 0 bridgehead atoms. The molecule has 2 rings (SSSR count). The molecule has 5 nitrogen and oxygen atoms in total. The molecule has 0 spiro atoms. The molecule has 0 saturated heterocycles. The van der Waals surface area contributed by atoms with Crippen LogP contribution in [0.15, 0.2) is 29.4 Å². The van der Waals surface area contributed by atoms with Crippen LogP contribution >= 0.6 is 11.8 Å². The molecule has 1 N–H and O–H groups in total. The van der Waals surface area contributed by atoms with Gasteiger partial charge in [-0.3, -0.25) is 0 Å². The molecule has 0 fully saturated rings. The van der Waals surface area contributed by atoms with Crippen molar-refractivity contribution in [2.45, 2.75) is 44.4 Å². The topological polar surface area (TPSA) is 63.8 Å². The Morgan fingerprint density at radius 3 is 2.45 bits per heavy atom. The summed E-state index contributed by atoms with van der Waals surface area (Å²) in [6.07, 6.45) is 0. The van der Waals surface area contributed by atoms with Gasteiger partial charge in [0.1, 0.15) is 0 Å². The lowest BCUT2D eigenvalue weighted by molar-refractivity contribution is 0.107. The van der Waals surface area contributed by atoms with E-state index in [2.05, 4.69) is 41.5 Å². The number of nitrogens with zero attached hydrogens (tertiary/aromatic N) is 4. The maximum Gasteiger partial charge on any atom is 0.214 e. The number of thioether (sulfide) groups is 1. The molecule has 0 saturated carbocycles. The first-order chi connectivity index (χ1) is 9.37. The second-order valence-corrected chi connectivity index (χ2v) is 6.66. The van der Waals surface area contributed by atoms with E-state index in [9.17, 15) is 5.11 Å². The zero-order valence-corrected chi connectivity index (χ0v) is 13.1. The number of aliphatic hydroxyl groups is 1. The van der Waals surface area contributed by atoms with Gasteiger partial charge in [0, 0.05) is 5.75 Å². The van der Waals surface area contributed by atoms with E-state index in [-0.39, 0.29) is 0 Å². The van der Waals surface area contributed by atoms with Gasteiger partial charge in [-0.25, -0.2) is 0 Å². The summed E-state index contributed by atoms with van der Waals surface area (Å²) in [5.74, 6) is 1.04. The van der Waals surface area contributed by atoms with Gasteiger partial charge in [-0.05, 0) is 47.9 Å². The molecule has 2 aromatic rings. The molecule has 1 aromatic carbocycles. The Kier molecular flexibility index (Phi) is 4.45. The summed E-state index contributed by atoms with van der Waals surface area (Å²) in [6, 6.07) is 8.21. The fourth-order valence-electron chi connectivity index (χ4n) is 1.67. The van der Waals surface area contributed by atoms with Crippen LogP contribution in [0.3, 0.4) is 0 Å². The molecule has 0 unspecified atom stereocenters. The van der Waals surface area contributed by atoms with Gasteiger partial charge in [0.05, 0.1) is 11.3 Å². The SMILES string of the molecule is CC(C)c1ccc(-n2nnnc2SCC(C)(C)O)cc1. The Hall–Kier alpha value is -1.40. The van der Waals surface area contributed by atoms with E-state index >= 15 is 0 Å². The monoisotopic (exact) mass is 292 g/mol. The molecule has 108 valence electrons. The van der Waals surface area contributed by atoms with E-state index in [1.807, 2.05) is 12.1 Å².